The highest BCUT2D eigenvalue weighted by Crippen LogP contribution is 2.30. The Morgan fingerprint density at radius 1 is 1.10 bits per heavy atom. The van der Waals surface area contributed by atoms with Gasteiger partial charge in [-0.25, -0.2) is 4.21 Å². The van der Waals surface area contributed by atoms with Crippen LogP contribution in [-0.4, -0.2) is 20.5 Å². The van der Waals surface area contributed by atoms with Crippen molar-refractivity contribution in [1.82, 2.24) is 0 Å². The van der Waals surface area contributed by atoms with Gasteiger partial charge >= 0.3 is 0 Å². The molecule has 110 valence electrons. The molecule has 21 heavy (non-hydrogen) atoms. The van der Waals surface area contributed by atoms with Crippen LogP contribution in [0.25, 0.3) is 10.8 Å². The van der Waals surface area contributed by atoms with Gasteiger partial charge < -0.3 is 5.32 Å². The van der Waals surface area contributed by atoms with E-state index in [1.54, 1.807) is 36.4 Å². The molecule has 0 fully saturated rings. The summed E-state index contributed by atoms with van der Waals surface area (Å²) in [6, 6.07) is 10.3. The van der Waals surface area contributed by atoms with Crippen LogP contribution in [0.2, 0.25) is 0 Å². The fourth-order valence-electron chi connectivity index (χ4n) is 2.01. The van der Waals surface area contributed by atoms with Crippen LogP contribution < -0.4 is 10.0 Å². The number of hydrogen-bond acceptors (Lipinski definition) is 3. The van der Waals surface area contributed by atoms with Crippen molar-refractivity contribution in [2.24, 2.45) is 0 Å². The Morgan fingerprint density at radius 3 is 2.24 bits per heavy atom. The minimum atomic E-state index is -2.18. The van der Waals surface area contributed by atoms with Gasteiger partial charge in [0.05, 0.1) is 12.1 Å². The van der Waals surface area contributed by atoms with E-state index in [4.69, 9.17) is 4.55 Å². The number of carbonyl (C=O) groups is 2. The first-order chi connectivity index (χ1) is 9.97. The summed E-state index contributed by atoms with van der Waals surface area (Å²) in [5.74, 6) is -0.607. The number of fused-ring (bicyclic) bond motifs is 1. The second-order valence-electron chi connectivity index (χ2n) is 4.48. The maximum absolute atomic E-state index is 11.7. The molecule has 0 aliphatic rings. The van der Waals surface area contributed by atoms with Crippen LogP contribution >= 0.6 is 0 Å². The summed E-state index contributed by atoms with van der Waals surface area (Å²) < 4.78 is 22.2. The van der Waals surface area contributed by atoms with Gasteiger partial charge in [-0.05, 0) is 19.1 Å². The van der Waals surface area contributed by atoms with Crippen LogP contribution in [0.3, 0.4) is 0 Å². The highest BCUT2D eigenvalue weighted by atomic mass is 32.2. The average molecular weight is 306 g/mol. The number of rotatable bonds is 5. The molecule has 7 heteroatoms. The predicted octanol–water partition coefficient (Wildman–Crippen LogP) is 2.31. The summed E-state index contributed by atoms with van der Waals surface area (Å²) in [4.78, 5) is 22.6. The predicted molar refractivity (Wildman–Crippen MR) is 82.3 cm³/mol. The van der Waals surface area contributed by atoms with Crippen molar-refractivity contribution >= 4 is 45.1 Å². The molecule has 0 radical (unpaired) electrons. The van der Waals surface area contributed by atoms with E-state index in [-0.39, 0.29) is 18.1 Å². The van der Waals surface area contributed by atoms with E-state index in [1.165, 1.54) is 6.92 Å². The van der Waals surface area contributed by atoms with Crippen LogP contribution in [0.1, 0.15) is 13.3 Å². The Balaban J connectivity index is 2.40. The maximum atomic E-state index is 11.7. The summed E-state index contributed by atoms with van der Waals surface area (Å²) >= 11 is -2.18. The van der Waals surface area contributed by atoms with Gasteiger partial charge in [0.25, 0.3) is 11.3 Å². The van der Waals surface area contributed by atoms with Gasteiger partial charge in [0.1, 0.15) is 5.78 Å². The second kappa shape index (κ2) is 6.47. The number of benzene rings is 2. The van der Waals surface area contributed by atoms with Gasteiger partial charge in [-0.2, -0.15) is 0 Å². The minimum Gasteiger partial charge on any atom is -0.325 e. The zero-order valence-electron chi connectivity index (χ0n) is 11.3. The van der Waals surface area contributed by atoms with Gasteiger partial charge in [0, 0.05) is 16.5 Å². The van der Waals surface area contributed by atoms with Crippen molar-refractivity contribution in [1.29, 1.82) is 0 Å². The first-order valence-corrected chi connectivity index (χ1v) is 7.26. The molecule has 6 nitrogen and oxygen atoms in total. The summed E-state index contributed by atoms with van der Waals surface area (Å²) in [6.07, 6.45) is -0.186. The summed E-state index contributed by atoms with van der Waals surface area (Å²) in [5, 5.41) is 4.08. The van der Waals surface area contributed by atoms with Gasteiger partial charge in [-0.1, -0.05) is 24.3 Å². The number of anilines is 2. The molecule has 0 aliphatic heterocycles. The number of nitrogens with one attached hydrogen (secondary N) is 2. The Labute approximate surface area is 124 Å². The van der Waals surface area contributed by atoms with Crippen LogP contribution in [0.4, 0.5) is 11.4 Å². The lowest BCUT2D eigenvalue weighted by atomic mass is 10.1. The molecule has 0 aliphatic carbocycles. The van der Waals surface area contributed by atoms with Gasteiger partial charge in [-0.3, -0.25) is 18.9 Å². The largest absolute Gasteiger partial charge is 0.325 e. The molecule has 1 amide bonds. The summed E-state index contributed by atoms with van der Waals surface area (Å²) in [7, 11) is 0. The van der Waals surface area contributed by atoms with E-state index < -0.39 is 11.3 Å². The van der Waals surface area contributed by atoms with E-state index in [1.807, 2.05) is 0 Å². The molecule has 2 rings (SSSR count). The Morgan fingerprint density at radius 2 is 1.67 bits per heavy atom. The lowest BCUT2D eigenvalue weighted by Crippen LogP contribution is -2.15. The van der Waals surface area contributed by atoms with Crippen LogP contribution in [0.15, 0.2) is 36.4 Å². The Hall–Kier alpha value is -2.25. The highest BCUT2D eigenvalue weighted by Gasteiger charge is 2.10. The van der Waals surface area contributed by atoms with Gasteiger partial charge in [-0.15, -0.1) is 0 Å². The van der Waals surface area contributed by atoms with Gasteiger partial charge in [0.2, 0.25) is 5.91 Å². The standard InChI is InChI=1S/C14H14N2O4S/c1-9(17)8-14(18)15-12-6-7-13(16-21(19)20)11-5-3-2-4-10(11)12/h2-7,16H,8H2,1H3,(H,15,18)(H,19,20). The molecule has 1 unspecified atom stereocenters. The summed E-state index contributed by atoms with van der Waals surface area (Å²) in [5.41, 5.74) is 1.03. The Bertz CT molecular complexity index is 730. The number of hydrogen-bond donors (Lipinski definition) is 3. The second-order valence-corrected chi connectivity index (χ2v) is 5.19. The van der Waals surface area contributed by atoms with Crippen molar-refractivity contribution in [3.05, 3.63) is 36.4 Å². The number of ketones is 1. The van der Waals surface area contributed by atoms with Crippen LogP contribution in [0.5, 0.6) is 0 Å². The van der Waals surface area contributed by atoms with Crippen molar-refractivity contribution in [3.8, 4) is 0 Å². The fourth-order valence-corrected chi connectivity index (χ4v) is 2.38. The van der Waals surface area contributed by atoms with Crippen molar-refractivity contribution < 1.29 is 18.4 Å². The zero-order valence-corrected chi connectivity index (χ0v) is 12.1. The molecule has 3 N–H and O–H groups in total. The van der Waals surface area contributed by atoms with E-state index >= 15 is 0 Å². The molecular weight excluding hydrogens is 292 g/mol. The molecule has 0 spiro atoms. The van der Waals surface area contributed by atoms with Crippen LogP contribution in [0, 0.1) is 0 Å². The topological polar surface area (TPSA) is 95.5 Å². The Kier molecular flexibility index (Phi) is 4.66. The molecule has 0 aromatic heterocycles. The van der Waals surface area contributed by atoms with Crippen molar-refractivity contribution in [2.45, 2.75) is 13.3 Å². The lowest BCUT2D eigenvalue weighted by Gasteiger charge is -2.12. The zero-order chi connectivity index (χ0) is 15.4. The monoisotopic (exact) mass is 306 g/mol. The quantitative estimate of drug-likeness (QED) is 0.583. The first kappa shape index (κ1) is 15.1. The molecule has 0 saturated carbocycles. The molecule has 0 heterocycles. The number of Topliss-reactive ketones (excluding diaryl/α,β-unsaturated/α-hetero) is 1. The third-order valence-electron chi connectivity index (χ3n) is 2.80. The lowest BCUT2D eigenvalue weighted by molar-refractivity contribution is -0.124. The third-order valence-corrected chi connectivity index (χ3v) is 3.20. The normalized spacial score (nSPS) is 11.9. The van der Waals surface area contributed by atoms with E-state index in [0.29, 0.717) is 22.1 Å². The average Bonchev–Trinajstić information content (AvgIpc) is 2.40. The fraction of sp³-hybridized carbons (Fsp3) is 0.143. The molecule has 2 aromatic rings. The van der Waals surface area contributed by atoms with E-state index in [0.717, 1.165) is 0 Å². The molecule has 0 saturated heterocycles. The van der Waals surface area contributed by atoms with Crippen molar-refractivity contribution in [2.75, 3.05) is 10.0 Å². The van der Waals surface area contributed by atoms with E-state index in [9.17, 15) is 13.8 Å². The number of carbonyl (C=O) groups excluding carboxylic acids is 2. The highest BCUT2D eigenvalue weighted by molar-refractivity contribution is 7.80. The SMILES string of the molecule is CC(=O)CC(=O)Nc1ccc(NS(=O)O)c2ccccc12. The summed E-state index contributed by atoms with van der Waals surface area (Å²) in [6.45, 7) is 1.35. The third kappa shape index (κ3) is 3.87. The van der Waals surface area contributed by atoms with Gasteiger partial charge in [0.15, 0.2) is 0 Å². The number of amides is 1. The molecule has 0 bridgehead atoms. The maximum Gasteiger partial charge on any atom is 0.259 e. The van der Waals surface area contributed by atoms with Crippen LogP contribution in [-0.2, 0) is 20.9 Å². The molecular formula is C14H14N2O4S. The minimum absolute atomic E-state index is 0.186. The smallest absolute Gasteiger partial charge is 0.259 e. The molecule has 2 aromatic carbocycles. The van der Waals surface area contributed by atoms with E-state index in [2.05, 4.69) is 10.0 Å². The first-order valence-electron chi connectivity index (χ1n) is 6.16. The molecule has 1 atom stereocenters. The van der Waals surface area contributed by atoms with Crippen molar-refractivity contribution in [3.63, 3.8) is 0 Å².